The molecule has 0 aliphatic carbocycles. The van der Waals surface area contributed by atoms with E-state index < -0.39 is 0 Å². The van der Waals surface area contributed by atoms with Gasteiger partial charge in [-0.2, -0.15) is 11.8 Å². The molecule has 0 unspecified atom stereocenters. The monoisotopic (exact) mass is 265 g/mol. The van der Waals surface area contributed by atoms with E-state index in [0.717, 1.165) is 31.0 Å². The largest absolute Gasteiger partial charge is 0.508 e. The van der Waals surface area contributed by atoms with E-state index in [2.05, 4.69) is 4.90 Å². The van der Waals surface area contributed by atoms with Crippen molar-refractivity contribution in [3.8, 4) is 5.75 Å². The number of rotatable bonds is 3. The lowest BCUT2D eigenvalue weighted by atomic mass is 10.1. The summed E-state index contributed by atoms with van der Waals surface area (Å²) in [6.45, 7) is 4.40. The predicted octanol–water partition coefficient (Wildman–Crippen LogP) is 2.53. The Morgan fingerprint density at radius 3 is 3.00 bits per heavy atom. The average Bonchev–Trinajstić information content (AvgIpc) is 2.60. The fourth-order valence-electron chi connectivity index (χ4n) is 2.13. The van der Waals surface area contributed by atoms with Crippen LogP contribution in [-0.2, 0) is 6.54 Å². The molecule has 1 aliphatic rings. The van der Waals surface area contributed by atoms with Crippen LogP contribution >= 0.6 is 11.8 Å². The van der Waals surface area contributed by atoms with E-state index >= 15 is 0 Å². The second-order valence-corrected chi connectivity index (χ2v) is 5.87. The van der Waals surface area contributed by atoms with E-state index in [1.165, 1.54) is 12.2 Å². The van der Waals surface area contributed by atoms with Gasteiger partial charge in [0.1, 0.15) is 5.75 Å². The fourth-order valence-corrected chi connectivity index (χ4v) is 3.05. The standard InChI is InChI=1S/C14H19NO2S/c1-11(16)12-3-4-14(17)13(9-12)10-15-5-2-7-18-8-6-15/h3-4,9,17H,2,5-8,10H2,1H3. The van der Waals surface area contributed by atoms with E-state index in [1.54, 1.807) is 19.1 Å². The minimum Gasteiger partial charge on any atom is -0.508 e. The normalized spacial score (nSPS) is 17.4. The number of phenolic OH excluding ortho intramolecular Hbond substituents is 1. The minimum atomic E-state index is 0.0441. The van der Waals surface area contributed by atoms with Crippen LogP contribution in [0.1, 0.15) is 29.3 Å². The number of phenols is 1. The van der Waals surface area contributed by atoms with Gasteiger partial charge in [0.15, 0.2) is 5.78 Å². The summed E-state index contributed by atoms with van der Waals surface area (Å²) in [5.41, 5.74) is 1.53. The Labute approximate surface area is 112 Å². The maximum atomic E-state index is 11.4. The molecule has 0 atom stereocenters. The van der Waals surface area contributed by atoms with Crippen molar-refractivity contribution in [3.05, 3.63) is 29.3 Å². The number of ketones is 1. The molecule has 1 heterocycles. The van der Waals surface area contributed by atoms with Crippen molar-refractivity contribution in [1.29, 1.82) is 0 Å². The molecule has 4 heteroatoms. The first-order chi connectivity index (χ1) is 8.66. The highest BCUT2D eigenvalue weighted by Gasteiger charge is 2.13. The molecule has 18 heavy (non-hydrogen) atoms. The van der Waals surface area contributed by atoms with Gasteiger partial charge in [0, 0.05) is 30.0 Å². The molecule has 0 saturated carbocycles. The molecule has 0 aromatic heterocycles. The highest BCUT2D eigenvalue weighted by molar-refractivity contribution is 7.99. The van der Waals surface area contributed by atoms with E-state index in [-0.39, 0.29) is 11.5 Å². The summed E-state index contributed by atoms with van der Waals surface area (Å²) >= 11 is 1.98. The predicted molar refractivity (Wildman–Crippen MR) is 75.3 cm³/mol. The van der Waals surface area contributed by atoms with Crippen LogP contribution in [0, 0.1) is 0 Å². The number of Topliss-reactive ketones (excluding diaryl/α,β-unsaturated/α-hetero) is 1. The van der Waals surface area contributed by atoms with E-state index in [1.807, 2.05) is 17.8 Å². The first-order valence-electron chi connectivity index (χ1n) is 6.30. The van der Waals surface area contributed by atoms with E-state index in [9.17, 15) is 9.90 Å². The molecule has 1 aromatic rings. The lowest BCUT2D eigenvalue weighted by Crippen LogP contribution is -2.25. The third kappa shape index (κ3) is 3.50. The van der Waals surface area contributed by atoms with Crippen molar-refractivity contribution >= 4 is 17.5 Å². The zero-order chi connectivity index (χ0) is 13.0. The van der Waals surface area contributed by atoms with Crippen molar-refractivity contribution in [1.82, 2.24) is 4.90 Å². The molecule has 0 bridgehead atoms. The highest BCUT2D eigenvalue weighted by atomic mass is 32.2. The van der Waals surface area contributed by atoms with Crippen molar-refractivity contribution in [3.63, 3.8) is 0 Å². The van der Waals surface area contributed by atoms with Crippen molar-refractivity contribution < 1.29 is 9.90 Å². The number of carbonyl (C=O) groups is 1. The van der Waals surface area contributed by atoms with Crippen LogP contribution in [0.15, 0.2) is 18.2 Å². The summed E-state index contributed by atoms with van der Waals surface area (Å²) in [5, 5.41) is 9.87. The first kappa shape index (κ1) is 13.4. The summed E-state index contributed by atoms with van der Waals surface area (Å²) in [7, 11) is 0. The van der Waals surface area contributed by atoms with Crippen molar-refractivity contribution in [2.24, 2.45) is 0 Å². The lowest BCUT2D eigenvalue weighted by Gasteiger charge is -2.20. The Kier molecular flexibility index (Phi) is 4.66. The van der Waals surface area contributed by atoms with Crippen molar-refractivity contribution in [2.45, 2.75) is 19.9 Å². The molecule has 3 nitrogen and oxygen atoms in total. The Hall–Kier alpha value is -1.00. The summed E-state index contributed by atoms with van der Waals surface area (Å²) < 4.78 is 0. The van der Waals surface area contributed by atoms with Crippen LogP contribution < -0.4 is 0 Å². The van der Waals surface area contributed by atoms with Crippen LogP contribution in [0.2, 0.25) is 0 Å². The number of hydrogen-bond acceptors (Lipinski definition) is 4. The number of aromatic hydroxyl groups is 1. The van der Waals surface area contributed by atoms with Crippen molar-refractivity contribution in [2.75, 3.05) is 24.6 Å². The molecule has 0 radical (unpaired) electrons. The van der Waals surface area contributed by atoms with Gasteiger partial charge >= 0.3 is 0 Å². The summed E-state index contributed by atoms with van der Waals surface area (Å²) in [6, 6.07) is 5.12. The molecular formula is C14H19NO2S. The number of hydrogen-bond donors (Lipinski definition) is 1. The molecule has 0 amide bonds. The number of benzene rings is 1. The second-order valence-electron chi connectivity index (χ2n) is 4.64. The Morgan fingerprint density at radius 1 is 1.39 bits per heavy atom. The fraction of sp³-hybridized carbons (Fsp3) is 0.500. The van der Waals surface area contributed by atoms with Crippen LogP contribution in [0.25, 0.3) is 0 Å². The lowest BCUT2D eigenvalue weighted by molar-refractivity contribution is 0.101. The summed E-state index contributed by atoms with van der Waals surface area (Å²) in [4.78, 5) is 13.7. The Morgan fingerprint density at radius 2 is 2.22 bits per heavy atom. The quantitative estimate of drug-likeness (QED) is 0.853. The van der Waals surface area contributed by atoms with Gasteiger partial charge in [-0.3, -0.25) is 9.69 Å². The Balaban J connectivity index is 2.11. The number of thioether (sulfide) groups is 1. The smallest absolute Gasteiger partial charge is 0.159 e. The molecule has 0 spiro atoms. The zero-order valence-electron chi connectivity index (χ0n) is 10.7. The van der Waals surface area contributed by atoms with Crippen LogP contribution in [0.4, 0.5) is 0 Å². The maximum absolute atomic E-state index is 11.4. The third-order valence-corrected chi connectivity index (χ3v) is 4.24. The maximum Gasteiger partial charge on any atom is 0.159 e. The first-order valence-corrected chi connectivity index (χ1v) is 7.45. The number of nitrogens with zero attached hydrogens (tertiary/aromatic N) is 1. The molecule has 2 rings (SSSR count). The summed E-state index contributed by atoms with van der Waals surface area (Å²) in [6.07, 6.45) is 1.19. The van der Waals surface area contributed by atoms with Gasteiger partial charge in [0.25, 0.3) is 0 Å². The van der Waals surface area contributed by atoms with E-state index in [0.29, 0.717) is 5.56 Å². The van der Waals surface area contributed by atoms with Crippen LogP contribution in [0.3, 0.4) is 0 Å². The van der Waals surface area contributed by atoms with Gasteiger partial charge in [0.2, 0.25) is 0 Å². The molecule has 1 aromatic carbocycles. The van der Waals surface area contributed by atoms with Gasteiger partial charge in [-0.25, -0.2) is 0 Å². The molecule has 98 valence electrons. The van der Waals surface area contributed by atoms with Crippen LogP contribution in [-0.4, -0.2) is 40.4 Å². The topological polar surface area (TPSA) is 40.5 Å². The molecule has 1 saturated heterocycles. The van der Waals surface area contributed by atoms with Gasteiger partial charge in [-0.15, -0.1) is 0 Å². The number of carbonyl (C=O) groups excluding carboxylic acids is 1. The SMILES string of the molecule is CC(=O)c1ccc(O)c(CN2CCCSCC2)c1. The van der Waals surface area contributed by atoms with E-state index in [4.69, 9.17) is 0 Å². The van der Waals surface area contributed by atoms with Crippen LogP contribution in [0.5, 0.6) is 5.75 Å². The highest BCUT2D eigenvalue weighted by Crippen LogP contribution is 2.22. The van der Waals surface area contributed by atoms with Gasteiger partial charge in [-0.1, -0.05) is 0 Å². The second kappa shape index (κ2) is 6.25. The zero-order valence-corrected chi connectivity index (χ0v) is 11.5. The van der Waals surface area contributed by atoms with Gasteiger partial charge in [0.05, 0.1) is 0 Å². The van der Waals surface area contributed by atoms with Gasteiger partial charge < -0.3 is 5.11 Å². The third-order valence-electron chi connectivity index (χ3n) is 3.19. The molecular weight excluding hydrogens is 246 g/mol. The van der Waals surface area contributed by atoms with Gasteiger partial charge in [-0.05, 0) is 43.8 Å². The molecule has 1 aliphatic heterocycles. The summed E-state index contributed by atoms with van der Waals surface area (Å²) in [5.74, 6) is 2.70. The minimum absolute atomic E-state index is 0.0441. The average molecular weight is 265 g/mol. The molecule has 1 N–H and O–H groups in total. The Bertz CT molecular complexity index is 426. The molecule has 1 fully saturated rings.